The van der Waals surface area contributed by atoms with Gasteiger partial charge < -0.3 is 25.5 Å². The highest BCUT2D eigenvalue weighted by Gasteiger charge is 2.29. The molecule has 4 atom stereocenters. The number of benzene rings is 1. The predicted octanol–water partition coefficient (Wildman–Crippen LogP) is 2.06. The number of aliphatic hydroxyl groups excluding tert-OH is 5. The van der Waals surface area contributed by atoms with Crippen LogP contribution in [0, 0.1) is 10.7 Å². The predicted molar refractivity (Wildman–Crippen MR) is 135 cm³/mol. The van der Waals surface area contributed by atoms with Crippen molar-refractivity contribution in [3.63, 3.8) is 0 Å². The van der Waals surface area contributed by atoms with E-state index in [0.717, 1.165) is 21.8 Å². The molecule has 166 valence electrons. The Labute approximate surface area is 211 Å². The number of halogens is 3. The van der Waals surface area contributed by atoms with Gasteiger partial charge in [-0.05, 0) is 99.7 Å². The summed E-state index contributed by atoms with van der Waals surface area (Å²) >= 11 is 6.53. The molecule has 0 amide bonds. The van der Waals surface area contributed by atoms with Gasteiger partial charge in [-0.25, -0.2) is 0 Å². The minimum Gasteiger partial charge on any atom is -0.394 e. The minimum absolute atomic E-state index is 0.0509. The molecule has 10 heteroatoms. The first kappa shape index (κ1) is 29.5. The SMILES string of the molecule is CC(=O)Cc1c(I)cc(I)c(C(C)=O)c1I.CCCC(O)C(O)C(O)C(O)CO. The van der Waals surface area contributed by atoms with Gasteiger partial charge in [0.15, 0.2) is 5.78 Å². The highest BCUT2D eigenvalue weighted by molar-refractivity contribution is 14.1. The van der Waals surface area contributed by atoms with Crippen molar-refractivity contribution >= 4 is 79.3 Å². The van der Waals surface area contributed by atoms with Crippen molar-refractivity contribution in [3.8, 4) is 0 Å². The first-order valence-corrected chi connectivity index (χ1v) is 12.1. The van der Waals surface area contributed by atoms with E-state index in [9.17, 15) is 19.8 Å². The number of hydrogen-bond acceptors (Lipinski definition) is 7. The van der Waals surface area contributed by atoms with E-state index >= 15 is 0 Å². The van der Waals surface area contributed by atoms with Crippen molar-refractivity contribution in [2.45, 2.75) is 64.4 Å². The zero-order valence-electron chi connectivity index (χ0n) is 16.4. The fourth-order valence-electron chi connectivity index (χ4n) is 2.39. The Morgan fingerprint density at radius 2 is 1.48 bits per heavy atom. The average molecular weight is 748 g/mol. The average Bonchev–Trinajstić information content (AvgIpc) is 2.63. The van der Waals surface area contributed by atoms with Gasteiger partial charge in [-0.1, -0.05) is 13.3 Å². The summed E-state index contributed by atoms with van der Waals surface area (Å²) in [5.41, 5.74) is 1.71. The van der Waals surface area contributed by atoms with Crippen LogP contribution in [-0.4, -0.2) is 68.1 Å². The molecule has 7 nitrogen and oxygen atoms in total. The summed E-state index contributed by atoms with van der Waals surface area (Å²) < 4.78 is 2.91. The van der Waals surface area contributed by atoms with Crippen molar-refractivity contribution < 1.29 is 35.1 Å². The molecule has 29 heavy (non-hydrogen) atoms. The van der Waals surface area contributed by atoms with Gasteiger partial charge in [0.05, 0.1) is 12.7 Å². The second-order valence-electron chi connectivity index (χ2n) is 6.53. The Morgan fingerprint density at radius 1 is 0.966 bits per heavy atom. The van der Waals surface area contributed by atoms with Crippen molar-refractivity contribution in [2.75, 3.05) is 6.61 Å². The third-order valence-electron chi connectivity index (χ3n) is 3.95. The number of aliphatic hydroxyl groups is 5. The lowest BCUT2D eigenvalue weighted by molar-refractivity contribution is -0.116. The molecule has 0 aliphatic heterocycles. The highest BCUT2D eigenvalue weighted by atomic mass is 127. The fourth-order valence-corrected chi connectivity index (χ4v) is 6.91. The zero-order valence-corrected chi connectivity index (χ0v) is 22.9. The van der Waals surface area contributed by atoms with Crippen molar-refractivity contribution in [2.24, 2.45) is 0 Å². The van der Waals surface area contributed by atoms with E-state index in [1.165, 1.54) is 0 Å². The van der Waals surface area contributed by atoms with E-state index in [4.69, 9.17) is 15.3 Å². The third kappa shape index (κ3) is 9.70. The van der Waals surface area contributed by atoms with Crippen molar-refractivity contribution in [3.05, 3.63) is 27.9 Å². The third-order valence-corrected chi connectivity index (χ3v) is 6.96. The summed E-state index contributed by atoms with van der Waals surface area (Å²) in [6.07, 6.45) is -4.00. The molecule has 0 aliphatic carbocycles. The Hall–Kier alpha value is 0.550. The molecule has 0 spiro atoms. The van der Waals surface area contributed by atoms with Gasteiger partial charge in [0.25, 0.3) is 0 Å². The monoisotopic (exact) mass is 748 g/mol. The molecule has 1 aromatic rings. The lowest BCUT2D eigenvalue weighted by atomic mass is 10.0. The molecule has 0 saturated carbocycles. The second-order valence-corrected chi connectivity index (χ2v) is 9.93. The summed E-state index contributed by atoms with van der Waals surface area (Å²) in [7, 11) is 0. The highest BCUT2D eigenvalue weighted by Crippen LogP contribution is 2.28. The smallest absolute Gasteiger partial charge is 0.161 e. The molecule has 0 aliphatic rings. The van der Waals surface area contributed by atoms with E-state index in [0.29, 0.717) is 19.3 Å². The number of Topliss-reactive ketones (excluding diaryl/α,β-unsaturated/α-hetero) is 2. The van der Waals surface area contributed by atoms with E-state index in [2.05, 4.69) is 67.8 Å². The summed E-state index contributed by atoms with van der Waals surface area (Å²) in [4.78, 5) is 22.7. The molecular weight excluding hydrogens is 721 g/mol. The molecule has 0 aromatic heterocycles. The molecule has 0 bridgehead atoms. The van der Waals surface area contributed by atoms with Crippen LogP contribution in [0.25, 0.3) is 0 Å². The quantitative estimate of drug-likeness (QED) is 0.193. The Kier molecular flexibility index (Phi) is 14.9. The topological polar surface area (TPSA) is 135 Å². The van der Waals surface area contributed by atoms with Gasteiger partial charge in [-0.15, -0.1) is 0 Å². The molecule has 0 saturated heterocycles. The number of carbonyl (C=O) groups is 2. The Balaban J connectivity index is 0.000000555. The summed E-state index contributed by atoms with van der Waals surface area (Å²) in [5, 5.41) is 45.0. The van der Waals surface area contributed by atoms with Gasteiger partial charge in [-0.3, -0.25) is 9.59 Å². The molecular formula is C19H27I3O7. The maximum Gasteiger partial charge on any atom is 0.161 e. The lowest BCUT2D eigenvalue weighted by Crippen LogP contribution is -2.45. The Bertz CT molecular complexity index is 697. The van der Waals surface area contributed by atoms with E-state index in [1.807, 2.05) is 13.0 Å². The molecule has 5 N–H and O–H groups in total. The molecule has 0 heterocycles. The summed E-state index contributed by atoms with van der Waals surface area (Å²) in [5.74, 6) is 0.168. The fraction of sp³-hybridized carbons (Fsp3) is 0.579. The maximum atomic E-state index is 11.5. The van der Waals surface area contributed by atoms with Crippen LogP contribution in [0.5, 0.6) is 0 Å². The van der Waals surface area contributed by atoms with Crippen LogP contribution in [0.2, 0.25) is 0 Å². The molecule has 1 rings (SSSR count). The van der Waals surface area contributed by atoms with Gasteiger partial charge in [0, 0.05) is 22.7 Å². The summed E-state index contributed by atoms with van der Waals surface area (Å²) in [6, 6.07) is 1.96. The molecule has 0 fully saturated rings. The van der Waals surface area contributed by atoms with Crippen LogP contribution in [0.15, 0.2) is 6.07 Å². The molecule has 1 aromatic carbocycles. The number of hydrogen-bond donors (Lipinski definition) is 5. The lowest BCUT2D eigenvalue weighted by Gasteiger charge is -2.25. The number of rotatable bonds is 9. The van der Waals surface area contributed by atoms with Crippen molar-refractivity contribution in [1.29, 1.82) is 0 Å². The number of ketones is 2. The maximum absolute atomic E-state index is 11.5. The van der Waals surface area contributed by atoms with Crippen LogP contribution in [-0.2, 0) is 11.2 Å². The van der Waals surface area contributed by atoms with Gasteiger partial charge in [0.1, 0.15) is 24.1 Å². The largest absolute Gasteiger partial charge is 0.394 e. The van der Waals surface area contributed by atoms with Crippen LogP contribution >= 0.6 is 67.8 Å². The Morgan fingerprint density at radius 3 is 1.90 bits per heavy atom. The van der Waals surface area contributed by atoms with Gasteiger partial charge in [-0.2, -0.15) is 0 Å². The van der Waals surface area contributed by atoms with E-state index in [1.54, 1.807) is 13.8 Å². The van der Waals surface area contributed by atoms with E-state index < -0.39 is 31.0 Å². The first-order chi connectivity index (χ1) is 13.4. The van der Waals surface area contributed by atoms with Gasteiger partial charge >= 0.3 is 0 Å². The summed E-state index contributed by atoms with van der Waals surface area (Å²) in [6.45, 7) is 4.31. The standard InChI is InChI=1S/C11H9I3O2.C8H18O5/c1-5(15)3-7-8(12)4-9(13)10(6(2)16)11(7)14;1-2-3-5(10)7(12)8(13)6(11)4-9/h4H,3H2,1-2H3;5-13H,2-4H2,1H3. The van der Waals surface area contributed by atoms with E-state index in [-0.39, 0.29) is 11.6 Å². The van der Waals surface area contributed by atoms with Crippen LogP contribution < -0.4 is 0 Å². The first-order valence-electron chi connectivity index (χ1n) is 8.88. The van der Waals surface area contributed by atoms with Crippen LogP contribution in [0.3, 0.4) is 0 Å². The number of carbonyl (C=O) groups excluding carboxylic acids is 2. The second kappa shape index (κ2) is 14.6. The molecule has 4 unspecified atom stereocenters. The van der Waals surface area contributed by atoms with Crippen LogP contribution in [0.4, 0.5) is 0 Å². The zero-order chi connectivity index (χ0) is 22.9. The van der Waals surface area contributed by atoms with Gasteiger partial charge in [0.2, 0.25) is 0 Å². The normalized spacial score (nSPS) is 15.0. The minimum atomic E-state index is -1.51. The van der Waals surface area contributed by atoms with Crippen molar-refractivity contribution in [1.82, 2.24) is 0 Å². The molecule has 0 radical (unpaired) electrons. The van der Waals surface area contributed by atoms with Crippen LogP contribution in [0.1, 0.15) is 49.5 Å².